The van der Waals surface area contributed by atoms with Crippen molar-refractivity contribution < 1.29 is 4.74 Å². The number of rotatable bonds is 7. The van der Waals surface area contributed by atoms with E-state index in [-0.39, 0.29) is 0 Å². The fourth-order valence-electron chi connectivity index (χ4n) is 1.28. The van der Waals surface area contributed by atoms with Crippen molar-refractivity contribution in [3.63, 3.8) is 0 Å². The molecule has 1 heteroatoms. The molecule has 0 fully saturated rings. The molecule has 1 aromatic rings. The average Bonchev–Trinajstić information content (AvgIpc) is 2.40. The Hall–Kier alpha value is -1.50. The monoisotopic (exact) mass is 232 g/mol. The van der Waals surface area contributed by atoms with Crippen molar-refractivity contribution in [1.82, 2.24) is 0 Å². The van der Waals surface area contributed by atoms with Crippen molar-refractivity contribution in [2.45, 2.75) is 39.7 Å². The van der Waals surface area contributed by atoms with Crippen LogP contribution in [0.5, 0.6) is 0 Å². The summed E-state index contributed by atoms with van der Waals surface area (Å²) in [5, 5.41) is 0. The van der Waals surface area contributed by atoms with Crippen molar-refractivity contribution >= 4 is 0 Å². The first-order valence-corrected chi connectivity index (χ1v) is 6.28. The minimum absolute atomic E-state index is 0.619. The molecule has 1 aromatic carbocycles. The van der Waals surface area contributed by atoms with E-state index in [0.29, 0.717) is 6.61 Å². The summed E-state index contributed by atoms with van der Waals surface area (Å²) in [6, 6.07) is 10.1. The highest BCUT2D eigenvalue weighted by Gasteiger charge is 1.96. The fraction of sp³-hybridized carbons (Fsp3) is 0.375. The maximum absolute atomic E-state index is 5.55. The van der Waals surface area contributed by atoms with E-state index in [2.05, 4.69) is 25.3 Å². The molecular weight excluding hydrogens is 208 g/mol. The maximum atomic E-state index is 5.55. The van der Waals surface area contributed by atoms with Gasteiger partial charge in [0.2, 0.25) is 0 Å². The molecule has 0 amide bonds. The SMILES string of the molecule is C=CCCCC(=C)OCc1ccccc1.CC. The summed E-state index contributed by atoms with van der Waals surface area (Å²) in [5.74, 6) is 0.862. The van der Waals surface area contributed by atoms with Gasteiger partial charge in [0.05, 0.1) is 5.76 Å². The second-order valence-corrected chi connectivity index (χ2v) is 3.49. The van der Waals surface area contributed by atoms with Crippen LogP contribution in [0.25, 0.3) is 0 Å². The van der Waals surface area contributed by atoms with Gasteiger partial charge >= 0.3 is 0 Å². The molecule has 0 aliphatic heterocycles. The van der Waals surface area contributed by atoms with Crippen LogP contribution in [0.3, 0.4) is 0 Å². The van der Waals surface area contributed by atoms with E-state index in [9.17, 15) is 0 Å². The summed E-state index contributed by atoms with van der Waals surface area (Å²) in [6.45, 7) is 12.2. The van der Waals surface area contributed by atoms with E-state index < -0.39 is 0 Å². The molecule has 0 radical (unpaired) electrons. The maximum Gasteiger partial charge on any atom is 0.113 e. The highest BCUT2D eigenvalue weighted by atomic mass is 16.5. The number of allylic oxidation sites excluding steroid dienone is 2. The van der Waals surface area contributed by atoms with Crippen molar-refractivity contribution in [1.29, 1.82) is 0 Å². The highest BCUT2D eigenvalue weighted by molar-refractivity contribution is 5.13. The Labute approximate surface area is 106 Å². The predicted molar refractivity (Wildman–Crippen MR) is 75.8 cm³/mol. The minimum atomic E-state index is 0.619. The fourth-order valence-corrected chi connectivity index (χ4v) is 1.28. The number of ether oxygens (including phenoxy) is 1. The zero-order valence-electron chi connectivity index (χ0n) is 11.1. The molecule has 0 unspecified atom stereocenters. The van der Waals surface area contributed by atoms with Crippen molar-refractivity contribution in [3.05, 3.63) is 60.9 Å². The van der Waals surface area contributed by atoms with Gasteiger partial charge < -0.3 is 4.74 Å². The molecule has 0 aliphatic rings. The van der Waals surface area contributed by atoms with Gasteiger partial charge in [-0.25, -0.2) is 0 Å². The Bertz CT molecular complexity index is 301. The van der Waals surface area contributed by atoms with Crippen molar-refractivity contribution in [2.75, 3.05) is 0 Å². The van der Waals surface area contributed by atoms with Gasteiger partial charge in [-0.05, 0) is 18.4 Å². The quantitative estimate of drug-likeness (QED) is 0.361. The van der Waals surface area contributed by atoms with E-state index >= 15 is 0 Å². The number of benzene rings is 1. The van der Waals surface area contributed by atoms with E-state index in [1.165, 1.54) is 5.56 Å². The van der Waals surface area contributed by atoms with Crippen LogP contribution in [0.4, 0.5) is 0 Å². The van der Waals surface area contributed by atoms with Gasteiger partial charge in [-0.1, -0.05) is 56.8 Å². The van der Waals surface area contributed by atoms with Crippen LogP contribution < -0.4 is 0 Å². The molecule has 0 saturated heterocycles. The molecule has 0 N–H and O–H groups in total. The third kappa shape index (κ3) is 8.32. The molecule has 1 nitrogen and oxygen atoms in total. The Morgan fingerprint density at radius 2 is 1.88 bits per heavy atom. The Balaban J connectivity index is 0.00000121. The van der Waals surface area contributed by atoms with Crippen LogP contribution in [0.2, 0.25) is 0 Å². The second kappa shape index (κ2) is 11.0. The Morgan fingerprint density at radius 1 is 1.24 bits per heavy atom. The van der Waals surface area contributed by atoms with Crippen LogP contribution in [-0.4, -0.2) is 0 Å². The Morgan fingerprint density at radius 3 is 2.47 bits per heavy atom. The highest BCUT2D eigenvalue weighted by Crippen LogP contribution is 2.10. The van der Waals surface area contributed by atoms with Gasteiger partial charge in [0, 0.05) is 6.42 Å². The summed E-state index contributed by atoms with van der Waals surface area (Å²) in [6.07, 6.45) is 4.92. The third-order valence-corrected chi connectivity index (χ3v) is 2.15. The summed E-state index contributed by atoms with van der Waals surface area (Å²) in [5.41, 5.74) is 1.18. The number of unbranched alkanes of at least 4 members (excludes halogenated alkanes) is 1. The van der Waals surface area contributed by atoms with Gasteiger partial charge in [0.1, 0.15) is 6.61 Å². The molecule has 0 saturated carbocycles. The first kappa shape index (κ1) is 15.5. The van der Waals surface area contributed by atoms with E-state index in [1.54, 1.807) is 0 Å². The van der Waals surface area contributed by atoms with Gasteiger partial charge in [-0.15, -0.1) is 6.58 Å². The van der Waals surface area contributed by atoms with E-state index in [0.717, 1.165) is 25.0 Å². The lowest BCUT2D eigenvalue weighted by molar-refractivity contribution is 0.189. The molecule has 17 heavy (non-hydrogen) atoms. The summed E-state index contributed by atoms with van der Waals surface area (Å²) < 4.78 is 5.55. The van der Waals surface area contributed by atoms with E-state index in [4.69, 9.17) is 4.74 Å². The smallest absolute Gasteiger partial charge is 0.113 e. The minimum Gasteiger partial charge on any atom is -0.494 e. The topological polar surface area (TPSA) is 9.23 Å². The molecule has 0 bridgehead atoms. The lowest BCUT2D eigenvalue weighted by Gasteiger charge is -2.08. The number of hydrogen-bond donors (Lipinski definition) is 0. The van der Waals surface area contributed by atoms with E-state index in [1.807, 2.05) is 38.1 Å². The van der Waals surface area contributed by atoms with Crippen LogP contribution in [-0.2, 0) is 11.3 Å². The standard InChI is InChI=1S/C14H18O.C2H6/c1-3-4-6-9-13(2)15-12-14-10-7-5-8-11-14;1-2/h3,5,7-8,10-11H,1-2,4,6,9,12H2;1-2H3. The van der Waals surface area contributed by atoms with Gasteiger partial charge in [0.25, 0.3) is 0 Å². The van der Waals surface area contributed by atoms with Crippen molar-refractivity contribution in [2.24, 2.45) is 0 Å². The lowest BCUT2D eigenvalue weighted by Crippen LogP contribution is -1.92. The van der Waals surface area contributed by atoms with Gasteiger partial charge in [-0.3, -0.25) is 0 Å². The molecular formula is C16H24O. The molecule has 0 heterocycles. The second-order valence-electron chi connectivity index (χ2n) is 3.49. The predicted octanol–water partition coefficient (Wildman–Crippen LogP) is 5.10. The normalized spacial score (nSPS) is 8.82. The van der Waals surface area contributed by atoms with Gasteiger partial charge in [-0.2, -0.15) is 0 Å². The summed E-state index contributed by atoms with van der Waals surface area (Å²) in [4.78, 5) is 0. The largest absolute Gasteiger partial charge is 0.494 e. The summed E-state index contributed by atoms with van der Waals surface area (Å²) >= 11 is 0. The zero-order chi connectivity index (χ0) is 12.9. The molecule has 0 atom stereocenters. The summed E-state index contributed by atoms with van der Waals surface area (Å²) in [7, 11) is 0. The van der Waals surface area contributed by atoms with Crippen LogP contribution in [0, 0.1) is 0 Å². The average molecular weight is 232 g/mol. The lowest BCUT2D eigenvalue weighted by atomic mass is 10.2. The van der Waals surface area contributed by atoms with Crippen molar-refractivity contribution in [3.8, 4) is 0 Å². The molecule has 0 spiro atoms. The van der Waals surface area contributed by atoms with Gasteiger partial charge in [0.15, 0.2) is 0 Å². The first-order valence-electron chi connectivity index (χ1n) is 6.28. The molecule has 1 rings (SSSR count). The number of hydrogen-bond acceptors (Lipinski definition) is 1. The zero-order valence-corrected chi connectivity index (χ0v) is 11.1. The van der Waals surface area contributed by atoms with Crippen LogP contribution >= 0.6 is 0 Å². The third-order valence-electron chi connectivity index (χ3n) is 2.15. The molecule has 94 valence electrons. The molecule has 0 aromatic heterocycles. The first-order chi connectivity index (χ1) is 8.33. The van der Waals surface area contributed by atoms with Crippen LogP contribution in [0.15, 0.2) is 55.3 Å². The molecule has 0 aliphatic carbocycles. The Kier molecular flexibility index (Phi) is 10.0. The van der Waals surface area contributed by atoms with Crippen LogP contribution in [0.1, 0.15) is 38.7 Å².